The van der Waals surface area contributed by atoms with Crippen LogP contribution in [0, 0.1) is 0 Å². The monoisotopic (exact) mass is 269 g/mol. The predicted molar refractivity (Wildman–Crippen MR) is 82.5 cm³/mol. The highest BCUT2D eigenvalue weighted by molar-refractivity contribution is 5.49. The van der Waals surface area contributed by atoms with Gasteiger partial charge in [0.2, 0.25) is 0 Å². The van der Waals surface area contributed by atoms with Crippen molar-refractivity contribution in [3.05, 3.63) is 64.6 Å². The Labute approximate surface area is 119 Å². The highest BCUT2D eigenvalue weighted by atomic mass is 16.5. The second-order valence-electron chi connectivity index (χ2n) is 4.83. The van der Waals surface area contributed by atoms with Crippen molar-refractivity contribution < 1.29 is 4.74 Å². The molecule has 0 amide bonds. The summed E-state index contributed by atoms with van der Waals surface area (Å²) < 4.78 is 7.23. The van der Waals surface area contributed by atoms with Crippen LogP contribution in [0.3, 0.4) is 0 Å². The maximum Gasteiger partial charge on any atom is 0.255 e. The second-order valence-corrected chi connectivity index (χ2v) is 4.83. The molecule has 3 nitrogen and oxygen atoms in total. The second kappa shape index (κ2) is 6.24. The quantitative estimate of drug-likeness (QED) is 0.848. The number of nitrogens with zero attached hydrogens (tertiary/aromatic N) is 1. The summed E-state index contributed by atoms with van der Waals surface area (Å²) in [4.78, 5) is 11.9. The largest absolute Gasteiger partial charge is 0.491 e. The lowest BCUT2D eigenvalue weighted by molar-refractivity contribution is 0.242. The molecule has 1 aromatic carbocycles. The minimum Gasteiger partial charge on any atom is -0.491 e. The Morgan fingerprint density at radius 1 is 1.10 bits per heavy atom. The van der Waals surface area contributed by atoms with Gasteiger partial charge in [0.25, 0.3) is 5.56 Å². The zero-order chi connectivity index (χ0) is 14.5. The van der Waals surface area contributed by atoms with Gasteiger partial charge in [0.15, 0.2) is 0 Å². The van der Waals surface area contributed by atoms with Gasteiger partial charge in [-0.25, -0.2) is 0 Å². The predicted octanol–water partition coefficient (Wildman–Crippen LogP) is 3.66. The van der Waals surface area contributed by atoms with Crippen LogP contribution in [0.2, 0.25) is 0 Å². The number of aromatic nitrogens is 1. The van der Waals surface area contributed by atoms with Crippen LogP contribution in [-0.4, -0.2) is 10.7 Å². The van der Waals surface area contributed by atoms with Crippen molar-refractivity contribution in [2.45, 2.75) is 26.9 Å². The molecule has 0 spiro atoms. The Morgan fingerprint density at radius 3 is 2.40 bits per heavy atom. The molecule has 0 fully saturated rings. The zero-order valence-corrected chi connectivity index (χ0v) is 12.0. The third-order valence-corrected chi connectivity index (χ3v) is 2.78. The lowest BCUT2D eigenvalue weighted by Crippen LogP contribution is -2.16. The Balaban J connectivity index is 2.36. The topological polar surface area (TPSA) is 31.2 Å². The Hall–Kier alpha value is -2.29. The highest BCUT2D eigenvalue weighted by Crippen LogP contribution is 2.16. The van der Waals surface area contributed by atoms with Crippen molar-refractivity contribution in [2.75, 3.05) is 0 Å². The number of rotatable bonds is 4. The SMILES string of the molecule is CC=Cc1ccc(=O)n(-c2ccc(OC(C)C)cc2)c1. The van der Waals surface area contributed by atoms with Crippen molar-refractivity contribution in [3.63, 3.8) is 0 Å². The number of pyridine rings is 1. The molecule has 104 valence electrons. The average molecular weight is 269 g/mol. The van der Waals surface area contributed by atoms with Gasteiger partial charge in [0, 0.05) is 18.0 Å². The summed E-state index contributed by atoms with van der Waals surface area (Å²) in [5.41, 5.74) is 1.78. The van der Waals surface area contributed by atoms with Crippen molar-refractivity contribution in [3.8, 4) is 11.4 Å². The number of hydrogen-bond acceptors (Lipinski definition) is 2. The fraction of sp³-hybridized carbons (Fsp3) is 0.235. The molecule has 0 unspecified atom stereocenters. The lowest BCUT2D eigenvalue weighted by atomic mass is 10.2. The summed E-state index contributed by atoms with van der Waals surface area (Å²) in [5.74, 6) is 0.807. The number of hydrogen-bond donors (Lipinski definition) is 0. The molecule has 0 aliphatic rings. The summed E-state index contributed by atoms with van der Waals surface area (Å²) in [6.45, 7) is 5.92. The molecule has 2 aromatic rings. The molecule has 1 heterocycles. The first-order chi connectivity index (χ1) is 9.60. The summed E-state index contributed by atoms with van der Waals surface area (Å²) in [6.07, 6.45) is 5.89. The molecule has 0 aliphatic carbocycles. The summed E-state index contributed by atoms with van der Waals surface area (Å²) in [7, 11) is 0. The standard InChI is InChI=1S/C17H19NO2/c1-4-5-14-6-11-17(19)18(12-14)15-7-9-16(10-8-15)20-13(2)3/h4-13H,1-3H3. The molecule has 0 atom stereocenters. The molecule has 0 N–H and O–H groups in total. The van der Waals surface area contributed by atoms with E-state index in [0.717, 1.165) is 17.0 Å². The van der Waals surface area contributed by atoms with Crippen LogP contribution in [0.4, 0.5) is 0 Å². The number of ether oxygens (including phenoxy) is 1. The van der Waals surface area contributed by atoms with Crippen LogP contribution in [0.15, 0.2) is 53.5 Å². The van der Waals surface area contributed by atoms with Crippen LogP contribution in [0.1, 0.15) is 26.3 Å². The van der Waals surface area contributed by atoms with Gasteiger partial charge in [-0.1, -0.05) is 12.2 Å². The van der Waals surface area contributed by atoms with E-state index in [4.69, 9.17) is 4.74 Å². The van der Waals surface area contributed by atoms with Gasteiger partial charge in [-0.2, -0.15) is 0 Å². The average Bonchev–Trinajstić information content (AvgIpc) is 2.42. The van der Waals surface area contributed by atoms with Crippen molar-refractivity contribution in [1.29, 1.82) is 0 Å². The molecule has 20 heavy (non-hydrogen) atoms. The number of allylic oxidation sites excluding steroid dienone is 1. The molecule has 0 radical (unpaired) electrons. The van der Waals surface area contributed by atoms with Gasteiger partial charge in [0.1, 0.15) is 5.75 Å². The molecule has 3 heteroatoms. The van der Waals surface area contributed by atoms with Crippen molar-refractivity contribution >= 4 is 6.08 Å². The smallest absolute Gasteiger partial charge is 0.255 e. The van der Waals surface area contributed by atoms with Gasteiger partial charge in [-0.3, -0.25) is 9.36 Å². The molecule has 0 saturated carbocycles. The maximum absolute atomic E-state index is 11.9. The fourth-order valence-corrected chi connectivity index (χ4v) is 1.95. The van der Waals surface area contributed by atoms with Gasteiger partial charge in [-0.05, 0) is 56.7 Å². The molecule has 0 aliphatic heterocycles. The first-order valence-electron chi connectivity index (χ1n) is 6.72. The molecule has 2 rings (SSSR count). The minimum absolute atomic E-state index is 0.0456. The molecule has 0 bridgehead atoms. The van der Waals surface area contributed by atoms with E-state index in [1.165, 1.54) is 0 Å². The normalized spacial score (nSPS) is 11.2. The minimum atomic E-state index is -0.0456. The molecular weight excluding hydrogens is 250 g/mol. The Morgan fingerprint density at radius 2 is 1.80 bits per heavy atom. The first kappa shape index (κ1) is 14.1. The molecule has 0 saturated heterocycles. The third-order valence-electron chi connectivity index (χ3n) is 2.78. The first-order valence-corrected chi connectivity index (χ1v) is 6.72. The maximum atomic E-state index is 11.9. The van der Waals surface area contributed by atoms with E-state index in [2.05, 4.69) is 0 Å². The molecule has 1 aromatic heterocycles. The van der Waals surface area contributed by atoms with Crippen LogP contribution in [0.25, 0.3) is 11.8 Å². The summed E-state index contributed by atoms with van der Waals surface area (Å²) in [5, 5.41) is 0. The van der Waals surface area contributed by atoms with Crippen LogP contribution >= 0.6 is 0 Å². The Bertz CT molecular complexity index is 651. The van der Waals surface area contributed by atoms with E-state index in [-0.39, 0.29) is 11.7 Å². The summed E-state index contributed by atoms with van der Waals surface area (Å²) in [6, 6.07) is 10.9. The van der Waals surface area contributed by atoms with E-state index in [1.54, 1.807) is 10.6 Å². The molecular formula is C17H19NO2. The summed E-state index contributed by atoms with van der Waals surface area (Å²) >= 11 is 0. The van der Waals surface area contributed by atoms with Crippen LogP contribution in [-0.2, 0) is 0 Å². The van der Waals surface area contributed by atoms with Gasteiger partial charge in [0.05, 0.1) is 6.10 Å². The van der Waals surface area contributed by atoms with E-state index in [1.807, 2.05) is 69.5 Å². The van der Waals surface area contributed by atoms with Gasteiger partial charge in [-0.15, -0.1) is 0 Å². The fourth-order valence-electron chi connectivity index (χ4n) is 1.95. The van der Waals surface area contributed by atoms with Crippen molar-refractivity contribution in [1.82, 2.24) is 4.57 Å². The van der Waals surface area contributed by atoms with E-state index in [9.17, 15) is 4.79 Å². The van der Waals surface area contributed by atoms with E-state index in [0.29, 0.717) is 0 Å². The van der Waals surface area contributed by atoms with E-state index >= 15 is 0 Å². The number of benzene rings is 1. The Kier molecular flexibility index (Phi) is 4.41. The van der Waals surface area contributed by atoms with E-state index < -0.39 is 0 Å². The van der Waals surface area contributed by atoms with Crippen LogP contribution < -0.4 is 10.3 Å². The van der Waals surface area contributed by atoms with Gasteiger partial charge >= 0.3 is 0 Å². The van der Waals surface area contributed by atoms with Crippen LogP contribution in [0.5, 0.6) is 5.75 Å². The highest BCUT2D eigenvalue weighted by Gasteiger charge is 2.02. The van der Waals surface area contributed by atoms with Gasteiger partial charge < -0.3 is 4.74 Å². The van der Waals surface area contributed by atoms with Crippen molar-refractivity contribution in [2.24, 2.45) is 0 Å². The zero-order valence-electron chi connectivity index (χ0n) is 12.0. The third kappa shape index (κ3) is 3.38. The lowest BCUT2D eigenvalue weighted by Gasteiger charge is -2.11.